The van der Waals surface area contributed by atoms with E-state index in [-0.39, 0.29) is 5.82 Å². The highest BCUT2D eigenvalue weighted by molar-refractivity contribution is 8.00. The van der Waals surface area contributed by atoms with Gasteiger partial charge in [-0.15, -0.1) is 0 Å². The van der Waals surface area contributed by atoms with E-state index in [1.165, 1.54) is 6.07 Å². The number of nitrogens with zero attached hydrogens (tertiary/aromatic N) is 1. The summed E-state index contributed by atoms with van der Waals surface area (Å²) in [6.45, 7) is 7.19. The molecule has 0 saturated carbocycles. The number of hydrogen-bond donors (Lipinski definition) is 1. The maximum Gasteiger partial charge on any atom is 0.129 e. The Morgan fingerprint density at radius 3 is 2.59 bits per heavy atom. The second-order valence-corrected chi connectivity index (χ2v) is 6.68. The Morgan fingerprint density at radius 1 is 1.35 bits per heavy atom. The molecule has 17 heavy (non-hydrogen) atoms. The molecule has 2 nitrogen and oxygen atoms in total. The molecular formula is C13H19FN2S. The molecule has 2 N–H and O–H groups in total. The Bertz CT molecular complexity index is 387. The van der Waals surface area contributed by atoms with Crippen LogP contribution in [0.4, 0.5) is 10.1 Å². The van der Waals surface area contributed by atoms with Crippen molar-refractivity contribution in [2.75, 3.05) is 18.8 Å². The van der Waals surface area contributed by atoms with Crippen molar-refractivity contribution in [1.29, 1.82) is 0 Å². The van der Waals surface area contributed by atoms with Gasteiger partial charge in [-0.2, -0.15) is 11.8 Å². The molecule has 0 bridgehead atoms. The van der Waals surface area contributed by atoms with Gasteiger partial charge in [-0.25, -0.2) is 4.39 Å². The number of nitrogen functional groups attached to an aromatic ring is 1. The van der Waals surface area contributed by atoms with E-state index in [1.807, 2.05) is 11.8 Å². The van der Waals surface area contributed by atoms with E-state index in [0.717, 1.165) is 18.7 Å². The summed E-state index contributed by atoms with van der Waals surface area (Å²) in [4.78, 5) is 2.32. The first kappa shape index (κ1) is 12.7. The zero-order chi connectivity index (χ0) is 12.4. The minimum absolute atomic E-state index is 0.191. The van der Waals surface area contributed by atoms with E-state index in [2.05, 4.69) is 18.7 Å². The van der Waals surface area contributed by atoms with Crippen LogP contribution in [0.2, 0.25) is 0 Å². The van der Waals surface area contributed by atoms with Crippen LogP contribution in [-0.4, -0.2) is 28.5 Å². The van der Waals surface area contributed by atoms with Crippen molar-refractivity contribution in [3.05, 3.63) is 29.6 Å². The van der Waals surface area contributed by atoms with Crippen molar-refractivity contribution < 1.29 is 4.39 Å². The number of nitrogens with two attached hydrogens (primary N) is 1. The summed E-state index contributed by atoms with van der Waals surface area (Å²) in [6, 6.07) is 4.96. The van der Waals surface area contributed by atoms with Crippen molar-refractivity contribution in [3.8, 4) is 0 Å². The fourth-order valence-electron chi connectivity index (χ4n) is 2.35. The SMILES string of the molecule is CC1CN(Cc2ccc(N)cc2F)CC(C)S1. The van der Waals surface area contributed by atoms with Crippen molar-refractivity contribution in [3.63, 3.8) is 0 Å². The maximum absolute atomic E-state index is 13.7. The van der Waals surface area contributed by atoms with Gasteiger partial charge in [-0.05, 0) is 12.1 Å². The van der Waals surface area contributed by atoms with E-state index >= 15 is 0 Å². The average Bonchev–Trinajstić information content (AvgIpc) is 2.21. The fraction of sp³-hybridized carbons (Fsp3) is 0.538. The summed E-state index contributed by atoms with van der Waals surface area (Å²) < 4.78 is 13.7. The standard InChI is InChI=1S/C13H19FN2S/c1-9-6-16(7-10(2)17-9)8-11-3-4-12(15)5-13(11)14/h3-5,9-10H,6-8,15H2,1-2H3. The quantitative estimate of drug-likeness (QED) is 0.823. The minimum atomic E-state index is -0.191. The zero-order valence-electron chi connectivity index (χ0n) is 10.3. The van der Waals surface area contributed by atoms with E-state index in [1.54, 1.807) is 12.1 Å². The molecule has 1 aliphatic rings. The molecule has 1 saturated heterocycles. The van der Waals surface area contributed by atoms with Gasteiger partial charge >= 0.3 is 0 Å². The van der Waals surface area contributed by atoms with Gasteiger partial charge in [-0.1, -0.05) is 19.9 Å². The van der Waals surface area contributed by atoms with Gasteiger partial charge in [0.25, 0.3) is 0 Å². The topological polar surface area (TPSA) is 29.3 Å². The minimum Gasteiger partial charge on any atom is -0.399 e. The lowest BCUT2D eigenvalue weighted by molar-refractivity contribution is 0.259. The van der Waals surface area contributed by atoms with Crippen molar-refractivity contribution in [2.45, 2.75) is 30.9 Å². The number of thioether (sulfide) groups is 1. The first-order valence-corrected chi connectivity index (χ1v) is 6.90. The maximum atomic E-state index is 13.7. The average molecular weight is 254 g/mol. The predicted octanol–water partition coefficient (Wildman–Crippen LogP) is 2.73. The van der Waals surface area contributed by atoms with Crippen molar-refractivity contribution >= 4 is 17.4 Å². The third kappa shape index (κ3) is 3.36. The van der Waals surface area contributed by atoms with Crippen LogP contribution in [0, 0.1) is 5.82 Å². The van der Waals surface area contributed by atoms with Crippen LogP contribution in [0.25, 0.3) is 0 Å². The highest BCUT2D eigenvalue weighted by Crippen LogP contribution is 2.26. The molecule has 1 aromatic rings. The van der Waals surface area contributed by atoms with Crippen LogP contribution in [0.5, 0.6) is 0 Å². The summed E-state index contributed by atoms with van der Waals surface area (Å²) in [5, 5.41) is 1.24. The number of benzene rings is 1. The molecule has 1 aliphatic heterocycles. The van der Waals surface area contributed by atoms with E-state index in [0.29, 0.717) is 22.7 Å². The molecule has 1 fully saturated rings. The summed E-state index contributed by atoms with van der Waals surface area (Å²) in [5.74, 6) is -0.191. The van der Waals surface area contributed by atoms with Gasteiger partial charge in [0.1, 0.15) is 5.82 Å². The highest BCUT2D eigenvalue weighted by Gasteiger charge is 2.22. The molecule has 2 unspecified atom stereocenters. The Morgan fingerprint density at radius 2 is 2.00 bits per heavy atom. The molecule has 2 rings (SSSR count). The normalized spacial score (nSPS) is 26.1. The van der Waals surface area contributed by atoms with Crippen LogP contribution in [0.1, 0.15) is 19.4 Å². The number of anilines is 1. The monoisotopic (exact) mass is 254 g/mol. The van der Waals surface area contributed by atoms with Gasteiger partial charge in [0.05, 0.1) is 0 Å². The van der Waals surface area contributed by atoms with E-state index in [4.69, 9.17) is 5.73 Å². The zero-order valence-corrected chi connectivity index (χ0v) is 11.1. The third-order valence-corrected chi connectivity index (χ3v) is 4.19. The summed E-state index contributed by atoms with van der Waals surface area (Å²) in [5.41, 5.74) is 6.78. The van der Waals surface area contributed by atoms with E-state index in [9.17, 15) is 4.39 Å². The third-order valence-electron chi connectivity index (χ3n) is 2.97. The molecule has 4 heteroatoms. The Balaban J connectivity index is 2.04. The van der Waals surface area contributed by atoms with Gasteiger partial charge in [0.15, 0.2) is 0 Å². The van der Waals surface area contributed by atoms with Crippen LogP contribution in [0.3, 0.4) is 0 Å². The lowest BCUT2D eigenvalue weighted by atomic mass is 10.1. The van der Waals surface area contributed by atoms with Gasteiger partial charge in [0.2, 0.25) is 0 Å². The molecule has 1 heterocycles. The summed E-state index contributed by atoms with van der Waals surface area (Å²) in [6.07, 6.45) is 0. The first-order chi connectivity index (χ1) is 8.04. The van der Waals surface area contributed by atoms with Crippen LogP contribution in [0.15, 0.2) is 18.2 Å². The van der Waals surface area contributed by atoms with Gasteiger partial charge in [0, 0.05) is 41.4 Å². The molecule has 2 atom stereocenters. The number of halogens is 1. The molecule has 0 radical (unpaired) electrons. The molecule has 0 aliphatic carbocycles. The molecule has 1 aromatic carbocycles. The molecule has 0 aromatic heterocycles. The van der Waals surface area contributed by atoms with Crippen molar-refractivity contribution in [2.24, 2.45) is 0 Å². The first-order valence-electron chi connectivity index (χ1n) is 5.96. The lowest BCUT2D eigenvalue weighted by Crippen LogP contribution is -2.39. The summed E-state index contributed by atoms with van der Waals surface area (Å²) in [7, 11) is 0. The van der Waals surface area contributed by atoms with Gasteiger partial charge < -0.3 is 5.73 Å². The van der Waals surface area contributed by atoms with Crippen LogP contribution >= 0.6 is 11.8 Å². The Kier molecular flexibility index (Phi) is 3.94. The number of rotatable bonds is 2. The highest BCUT2D eigenvalue weighted by atomic mass is 32.2. The van der Waals surface area contributed by atoms with Crippen LogP contribution in [-0.2, 0) is 6.54 Å². The number of hydrogen-bond acceptors (Lipinski definition) is 3. The molecule has 0 spiro atoms. The van der Waals surface area contributed by atoms with Crippen molar-refractivity contribution in [1.82, 2.24) is 4.90 Å². The molecule has 0 amide bonds. The summed E-state index contributed by atoms with van der Waals surface area (Å²) >= 11 is 2.01. The lowest BCUT2D eigenvalue weighted by Gasteiger charge is -2.34. The van der Waals surface area contributed by atoms with E-state index < -0.39 is 0 Å². The van der Waals surface area contributed by atoms with Gasteiger partial charge in [-0.3, -0.25) is 4.90 Å². The second kappa shape index (κ2) is 5.27. The smallest absolute Gasteiger partial charge is 0.129 e. The predicted molar refractivity (Wildman–Crippen MR) is 72.6 cm³/mol. The Labute approximate surface area is 106 Å². The van der Waals surface area contributed by atoms with Crippen LogP contribution < -0.4 is 5.73 Å². The Hall–Kier alpha value is -0.740. The fourth-order valence-corrected chi connectivity index (χ4v) is 3.73. The second-order valence-electron chi connectivity index (χ2n) is 4.80. The largest absolute Gasteiger partial charge is 0.399 e. The molecule has 94 valence electrons. The molecular weight excluding hydrogens is 235 g/mol.